The van der Waals surface area contributed by atoms with Gasteiger partial charge >= 0.3 is 0 Å². The van der Waals surface area contributed by atoms with E-state index in [0.29, 0.717) is 6.04 Å². The van der Waals surface area contributed by atoms with Crippen LogP contribution in [0.15, 0.2) is 24.1 Å². The Hall–Kier alpha value is 0.130. The Morgan fingerprint density at radius 1 is 1.77 bits per heavy atom. The summed E-state index contributed by atoms with van der Waals surface area (Å²) in [5.41, 5.74) is 1.39. The molecule has 3 heteroatoms. The highest BCUT2D eigenvalue weighted by atomic mass is 127. The Balaban J connectivity index is 2.68. The molecule has 13 heavy (non-hydrogen) atoms. The van der Waals surface area contributed by atoms with Crippen LogP contribution in [-0.2, 0) is 0 Å². The van der Waals surface area contributed by atoms with Crippen LogP contribution in [0.3, 0.4) is 0 Å². The molecule has 0 fully saturated rings. The summed E-state index contributed by atoms with van der Waals surface area (Å²) >= 11 is 4.15. The zero-order valence-electron chi connectivity index (χ0n) is 7.72. The average Bonchev–Trinajstić information content (AvgIpc) is 2.51. The summed E-state index contributed by atoms with van der Waals surface area (Å²) in [6, 6.07) is 2.68. The molecular weight excluding hydrogens is 293 g/mol. The number of rotatable bonds is 5. The molecule has 0 aliphatic heterocycles. The van der Waals surface area contributed by atoms with Crippen molar-refractivity contribution in [2.75, 3.05) is 6.54 Å². The smallest absolute Gasteiger partial charge is 0.0656 e. The molecule has 1 atom stereocenters. The third kappa shape index (κ3) is 3.40. The molecule has 0 aliphatic carbocycles. The fourth-order valence-electron chi connectivity index (χ4n) is 1.26. The van der Waals surface area contributed by atoms with E-state index in [4.69, 9.17) is 0 Å². The van der Waals surface area contributed by atoms with E-state index in [9.17, 15) is 0 Å². The zero-order chi connectivity index (χ0) is 9.68. The molecule has 1 rings (SSSR count). The van der Waals surface area contributed by atoms with Crippen LogP contribution in [0.4, 0.5) is 0 Å². The van der Waals surface area contributed by atoms with Gasteiger partial charge in [0.2, 0.25) is 0 Å². The maximum atomic E-state index is 3.78. The largest absolute Gasteiger partial charge is 0.310 e. The first-order valence-electron chi connectivity index (χ1n) is 4.36. The molecular formula is C10H14INS. The summed E-state index contributed by atoms with van der Waals surface area (Å²) in [6.45, 7) is 6.91. The van der Waals surface area contributed by atoms with Gasteiger partial charge in [0.15, 0.2) is 0 Å². The Kier molecular flexibility index (Phi) is 4.98. The second kappa shape index (κ2) is 5.78. The van der Waals surface area contributed by atoms with Gasteiger partial charge in [0.1, 0.15) is 0 Å². The SMILES string of the molecule is C=CCC(NCC)c1csc(I)c1. The average molecular weight is 307 g/mol. The zero-order valence-corrected chi connectivity index (χ0v) is 10.7. The van der Waals surface area contributed by atoms with E-state index in [1.54, 1.807) is 11.3 Å². The first-order valence-corrected chi connectivity index (χ1v) is 6.32. The lowest BCUT2D eigenvalue weighted by Gasteiger charge is -2.13. The first kappa shape index (κ1) is 11.2. The number of nitrogens with one attached hydrogen (secondary N) is 1. The monoisotopic (exact) mass is 307 g/mol. The Bertz CT molecular complexity index is 270. The normalized spacial score (nSPS) is 12.8. The van der Waals surface area contributed by atoms with Gasteiger partial charge in [0.05, 0.1) is 2.88 Å². The Morgan fingerprint density at radius 2 is 2.54 bits per heavy atom. The molecule has 0 saturated carbocycles. The Morgan fingerprint density at radius 3 is 3.00 bits per heavy atom. The lowest BCUT2D eigenvalue weighted by molar-refractivity contribution is 0.560. The maximum absolute atomic E-state index is 3.78. The van der Waals surface area contributed by atoms with Gasteiger partial charge in [-0.1, -0.05) is 13.0 Å². The van der Waals surface area contributed by atoms with Gasteiger partial charge in [-0.15, -0.1) is 17.9 Å². The fraction of sp³-hybridized carbons (Fsp3) is 0.400. The topological polar surface area (TPSA) is 12.0 Å². The molecule has 0 aliphatic rings. The highest BCUT2D eigenvalue weighted by molar-refractivity contribution is 14.1. The van der Waals surface area contributed by atoms with Crippen LogP contribution in [0, 0.1) is 2.88 Å². The van der Waals surface area contributed by atoms with E-state index in [0.717, 1.165) is 13.0 Å². The third-order valence-corrected chi connectivity index (χ3v) is 3.65. The van der Waals surface area contributed by atoms with Gasteiger partial charge in [-0.05, 0) is 52.6 Å². The van der Waals surface area contributed by atoms with Crippen LogP contribution >= 0.6 is 33.9 Å². The van der Waals surface area contributed by atoms with E-state index in [1.165, 1.54) is 8.45 Å². The van der Waals surface area contributed by atoms with Gasteiger partial charge in [-0.25, -0.2) is 0 Å². The standard InChI is InChI=1S/C10H14INS/c1-3-5-9(12-4-2)8-6-10(11)13-7-8/h3,6-7,9,12H,1,4-5H2,2H3. The summed E-state index contributed by atoms with van der Waals surface area (Å²) < 4.78 is 1.35. The lowest BCUT2D eigenvalue weighted by Crippen LogP contribution is -2.19. The minimum absolute atomic E-state index is 0.447. The molecule has 0 bridgehead atoms. The minimum Gasteiger partial charge on any atom is -0.310 e. The van der Waals surface area contributed by atoms with Crippen molar-refractivity contribution in [2.45, 2.75) is 19.4 Å². The molecule has 72 valence electrons. The summed E-state index contributed by atoms with van der Waals surface area (Å²) in [5, 5.41) is 5.67. The van der Waals surface area contributed by atoms with Crippen molar-refractivity contribution in [1.82, 2.24) is 5.32 Å². The van der Waals surface area contributed by atoms with Crippen molar-refractivity contribution in [3.63, 3.8) is 0 Å². The second-order valence-corrected chi connectivity index (χ2v) is 5.62. The summed E-state index contributed by atoms with van der Waals surface area (Å²) in [7, 11) is 0. The van der Waals surface area contributed by atoms with Gasteiger partial charge in [-0.3, -0.25) is 0 Å². The van der Waals surface area contributed by atoms with E-state index >= 15 is 0 Å². The van der Waals surface area contributed by atoms with Crippen molar-refractivity contribution in [2.24, 2.45) is 0 Å². The van der Waals surface area contributed by atoms with Gasteiger partial charge in [-0.2, -0.15) is 0 Å². The third-order valence-electron chi connectivity index (χ3n) is 1.84. The van der Waals surface area contributed by atoms with Gasteiger partial charge in [0.25, 0.3) is 0 Å². The van der Waals surface area contributed by atoms with Crippen LogP contribution in [0.2, 0.25) is 0 Å². The van der Waals surface area contributed by atoms with Crippen LogP contribution in [-0.4, -0.2) is 6.54 Å². The molecule has 0 saturated heterocycles. The van der Waals surface area contributed by atoms with E-state index < -0.39 is 0 Å². The van der Waals surface area contributed by atoms with Crippen molar-refractivity contribution >= 4 is 33.9 Å². The first-order chi connectivity index (χ1) is 6.27. The van der Waals surface area contributed by atoms with Crippen LogP contribution < -0.4 is 5.32 Å². The predicted octanol–water partition coefficient (Wildman–Crippen LogP) is 3.58. The molecule has 1 aromatic rings. The van der Waals surface area contributed by atoms with Crippen LogP contribution in [0.5, 0.6) is 0 Å². The van der Waals surface area contributed by atoms with Crippen molar-refractivity contribution in [3.8, 4) is 0 Å². The molecule has 0 spiro atoms. The van der Waals surface area contributed by atoms with Gasteiger partial charge in [0, 0.05) is 6.04 Å². The van der Waals surface area contributed by atoms with Crippen molar-refractivity contribution in [3.05, 3.63) is 32.5 Å². The molecule has 0 amide bonds. The summed E-state index contributed by atoms with van der Waals surface area (Å²) in [4.78, 5) is 0. The van der Waals surface area contributed by atoms with E-state index in [2.05, 4.69) is 52.9 Å². The van der Waals surface area contributed by atoms with Crippen molar-refractivity contribution < 1.29 is 0 Å². The fourth-order valence-corrected chi connectivity index (χ4v) is 2.68. The predicted molar refractivity (Wildman–Crippen MR) is 68.3 cm³/mol. The molecule has 1 aromatic heterocycles. The number of thiophene rings is 1. The highest BCUT2D eigenvalue weighted by Gasteiger charge is 2.09. The molecule has 0 radical (unpaired) electrons. The molecule has 1 unspecified atom stereocenters. The summed E-state index contributed by atoms with van der Waals surface area (Å²) in [6.07, 6.45) is 2.97. The quantitative estimate of drug-likeness (QED) is 0.647. The number of halogens is 1. The second-order valence-electron chi connectivity index (χ2n) is 2.82. The molecule has 1 nitrogen and oxygen atoms in total. The Labute approximate surface area is 97.4 Å². The molecule has 1 N–H and O–H groups in total. The maximum Gasteiger partial charge on any atom is 0.0656 e. The molecule has 0 aromatic carbocycles. The molecule has 1 heterocycles. The van der Waals surface area contributed by atoms with Crippen molar-refractivity contribution in [1.29, 1.82) is 0 Å². The lowest BCUT2D eigenvalue weighted by atomic mass is 10.1. The van der Waals surface area contributed by atoms with Gasteiger partial charge < -0.3 is 5.32 Å². The summed E-state index contributed by atoms with van der Waals surface area (Å²) in [5.74, 6) is 0. The van der Waals surface area contributed by atoms with Crippen LogP contribution in [0.1, 0.15) is 24.9 Å². The highest BCUT2D eigenvalue weighted by Crippen LogP contribution is 2.24. The van der Waals surface area contributed by atoms with Crippen LogP contribution in [0.25, 0.3) is 0 Å². The minimum atomic E-state index is 0.447. The van der Waals surface area contributed by atoms with E-state index in [-0.39, 0.29) is 0 Å². The number of hydrogen-bond donors (Lipinski definition) is 1. The number of hydrogen-bond acceptors (Lipinski definition) is 2. The van der Waals surface area contributed by atoms with E-state index in [1.807, 2.05) is 6.08 Å².